The number of fused-ring (bicyclic) bond motifs is 3. The maximum atomic E-state index is 12.9. The minimum atomic E-state index is -0.828. The molecule has 0 aliphatic carbocycles. The van der Waals surface area contributed by atoms with Gasteiger partial charge in [0.2, 0.25) is 5.91 Å². The summed E-state index contributed by atoms with van der Waals surface area (Å²) in [6, 6.07) is 12.1. The van der Waals surface area contributed by atoms with Gasteiger partial charge in [-0.15, -0.1) is 0 Å². The average molecular weight is 393 g/mol. The molecule has 0 fully saturated rings. The van der Waals surface area contributed by atoms with Gasteiger partial charge >= 0.3 is 0 Å². The first-order valence-corrected chi connectivity index (χ1v) is 9.54. The molecule has 0 spiro atoms. The van der Waals surface area contributed by atoms with Gasteiger partial charge in [0.05, 0.1) is 36.7 Å². The molecular formula is C19H15N5O3S. The highest BCUT2D eigenvalue weighted by Crippen LogP contribution is 2.33. The van der Waals surface area contributed by atoms with Crippen molar-refractivity contribution >= 4 is 40.3 Å². The van der Waals surface area contributed by atoms with Crippen molar-refractivity contribution in [3.8, 4) is 6.07 Å². The molecule has 0 bridgehead atoms. The van der Waals surface area contributed by atoms with Gasteiger partial charge in [-0.1, -0.05) is 23.9 Å². The van der Waals surface area contributed by atoms with Crippen molar-refractivity contribution in [2.75, 3.05) is 5.75 Å². The fourth-order valence-corrected chi connectivity index (χ4v) is 3.64. The predicted octanol–water partition coefficient (Wildman–Crippen LogP) is 2.20. The second-order valence-corrected chi connectivity index (χ2v) is 7.00. The molecule has 0 saturated carbocycles. The Morgan fingerprint density at radius 1 is 1.32 bits per heavy atom. The van der Waals surface area contributed by atoms with E-state index in [1.165, 1.54) is 22.9 Å². The minimum absolute atomic E-state index is 0.0715. The van der Waals surface area contributed by atoms with E-state index < -0.39 is 6.04 Å². The van der Waals surface area contributed by atoms with Crippen molar-refractivity contribution in [2.24, 2.45) is 9.98 Å². The molecule has 1 atom stereocenters. The average Bonchev–Trinajstić information content (AvgIpc) is 3.33. The lowest BCUT2D eigenvalue weighted by molar-refractivity contribution is -0.128. The van der Waals surface area contributed by atoms with Crippen molar-refractivity contribution in [2.45, 2.75) is 19.0 Å². The number of nitrogens with zero attached hydrogens (tertiary/aromatic N) is 4. The summed E-state index contributed by atoms with van der Waals surface area (Å²) in [5.41, 5.74) is 1.42. The van der Waals surface area contributed by atoms with E-state index in [1.54, 1.807) is 12.1 Å². The van der Waals surface area contributed by atoms with Gasteiger partial charge in [-0.05, 0) is 24.3 Å². The quantitative estimate of drug-likeness (QED) is 0.837. The van der Waals surface area contributed by atoms with Crippen molar-refractivity contribution in [3.05, 3.63) is 54.0 Å². The number of furan rings is 1. The number of amidine groups is 2. The van der Waals surface area contributed by atoms with Gasteiger partial charge in [0.15, 0.2) is 5.17 Å². The number of nitriles is 1. The number of nitrogens with one attached hydrogen (secondary N) is 1. The van der Waals surface area contributed by atoms with Gasteiger partial charge in [-0.25, -0.2) is 9.89 Å². The summed E-state index contributed by atoms with van der Waals surface area (Å²) in [6.07, 6.45) is 1.46. The van der Waals surface area contributed by atoms with Crippen molar-refractivity contribution in [1.29, 1.82) is 5.26 Å². The molecule has 1 aromatic heterocycles. The van der Waals surface area contributed by atoms with E-state index in [4.69, 9.17) is 9.68 Å². The SMILES string of the molecule is N#CCSC1=Nc2ccccc2C2=N[C@H](CC(=O)NCc3ccco3)C(=O)N12. The van der Waals surface area contributed by atoms with Gasteiger partial charge in [0.25, 0.3) is 5.91 Å². The summed E-state index contributed by atoms with van der Waals surface area (Å²) < 4.78 is 5.18. The Morgan fingerprint density at radius 2 is 2.18 bits per heavy atom. The van der Waals surface area contributed by atoms with E-state index in [-0.39, 0.29) is 30.5 Å². The maximum absolute atomic E-state index is 12.9. The number of thioether (sulfide) groups is 1. The second kappa shape index (κ2) is 7.70. The first kappa shape index (κ1) is 18.0. The number of aliphatic imine (C=N–C) groups is 2. The molecule has 3 heterocycles. The molecule has 8 nitrogen and oxygen atoms in total. The van der Waals surface area contributed by atoms with Gasteiger partial charge in [0, 0.05) is 5.56 Å². The van der Waals surface area contributed by atoms with Crippen molar-refractivity contribution in [3.63, 3.8) is 0 Å². The first-order valence-electron chi connectivity index (χ1n) is 8.56. The smallest absolute Gasteiger partial charge is 0.259 e. The zero-order valence-electron chi connectivity index (χ0n) is 14.7. The van der Waals surface area contributed by atoms with E-state index in [1.807, 2.05) is 30.3 Å². The van der Waals surface area contributed by atoms with Crippen LogP contribution in [0.5, 0.6) is 0 Å². The third kappa shape index (κ3) is 3.42. The van der Waals surface area contributed by atoms with E-state index >= 15 is 0 Å². The maximum Gasteiger partial charge on any atom is 0.259 e. The Balaban J connectivity index is 1.54. The van der Waals surface area contributed by atoms with Gasteiger partial charge in [0.1, 0.15) is 17.6 Å². The van der Waals surface area contributed by atoms with E-state index in [2.05, 4.69) is 15.3 Å². The van der Waals surface area contributed by atoms with Crippen molar-refractivity contribution in [1.82, 2.24) is 10.2 Å². The third-order valence-corrected chi connectivity index (χ3v) is 5.04. The summed E-state index contributed by atoms with van der Waals surface area (Å²) in [4.78, 5) is 35.6. The van der Waals surface area contributed by atoms with Crippen LogP contribution in [0.15, 0.2) is 57.1 Å². The largest absolute Gasteiger partial charge is 0.467 e. The molecule has 2 aromatic rings. The second-order valence-electron chi connectivity index (χ2n) is 6.06. The van der Waals surface area contributed by atoms with Crippen LogP contribution in [-0.4, -0.2) is 39.5 Å². The van der Waals surface area contributed by atoms with Crippen LogP contribution >= 0.6 is 11.8 Å². The molecule has 1 N–H and O–H groups in total. The number of carbonyl (C=O) groups excluding carboxylic acids is 2. The summed E-state index contributed by atoms with van der Waals surface area (Å²) in [6.45, 7) is 0.251. The van der Waals surface area contributed by atoms with Gasteiger partial charge in [-0.3, -0.25) is 14.6 Å². The lowest BCUT2D eigenvalue weighted by atomic mass is 10.1. The Hall–Kier alpha value is -3.38. The molecule has 28 heavy (non-hydrogen) atoms. The summed E-state index contributed by atoms with van der Waals surface area (Å²) >= 11 is 1.17. The Labute approximate surface area is 164 Å². The molecule has 0 saturated heterocycles. The summed E-state index contributed by atoms with van der Waals surface area (Å²) in [5.74, 6) is 0.648. The Kier molecular flexibility index (Phi) is 4.95. The Morgan fingerprint density at radius 3 is 2.96 bits per heavy atom. The first-order chi connectivity index (χ1) is 13.7. The van der Waals surface area contributed by atoms with Crippen LogP contribution < -0.4 is 5.32 Å². The summed E-state index contributed by atoms with van der Waals surface area (Å²) in [5, 5.41) is 12.0. The lowest BCUT2D eigenvalue weighted by Gasteiger charge is -2.25. The molecule has 1 aromatic carbocycles. The number of para-hydroxylation sites is 1. The van der Waals surface area contributed by atoms with Crippen LogP contribution in [0, 0.1) is 11.3 Å². The van der Waals surface area contributed by atoms with Crippen molar-refractivity contribution < 1.29 is 14.0 Å². The highest BCUT2D eigenvalue weighted by Gasteiger charge is 2.41. The fraction of sp³-hybridized carbons (Fsp3) is 0.211. The van der Waals surface area contributed by atoms with Crippen LogP contribution in [0.3, 0.4) is 0 Å². The number of rotatable bonds is 5. The highest BCUT2D eigenvalue weighted by atomic mass is 32.2. The summed E-state index contributed by atoms with van der Waals surface area (Å²) in [7, 11) is 0. The zero-order valence-corrected chi connectivity index (χ0v) is 15.5. The van der Waals surface area contributed by atoms with Gasteiger partial charge in [-0.2, -0.15) is 5.26 Å². The zero-order chi connectivity index (χ0) is 19.5. The molecule has 0 unspecified atom stereocenters. The number of hydrogen-bond donors (Lipinski definition) is 1. The van der Waals surface area contributed by atoms with Crippen LogP contribution in [0.25, 0.3) is 0 Å². The Bertz CT molecular complexity index is 1020. The number of amides is 2. The van der Waals surface area contributed by atoms with Crippen LogP contribution in [0.2, 0.25) is 0 Å². The monoisotopic (exact) mass is 393 g/mol. The minimum Gasteiger partial charge on any atom is -0.467 e. The highest BCUT2D eigenvalue weighted by molar-refractivity contribution is 8.14. The molecule has 2 aliphatic heterocycles. The van der Waals surface area contributed by atoms with Crippen LogP contribution in [0.4, 0.5) is 5.69 Å². The van der Waals surface area contributed by atoms with Gasteiger partial charge < -0.3 is 9.73 Å². The predicted molar refractivity (Wildman–Crippen MR) is 104 cm³/mol. The van der Waals surface area contributed by atoms with Crippen LogP contribution in [0.1, 0.15) is 17.7 Å². The molecule has 140 valence electrons. The molecular weight excluding hydrogens is 378 g/mol. The molecule has 9 heteroatoms. The standard InChI is InChI=1S/C19H15N5O3S/c20-7-9-28-19-23-14-6-2-1-5-13(14)17-22-15(18(26)24(17)19)10-16(25)21-11-12-4-3-8-27-12/h1-6,8,15H,9-11H2,(H,21,25)/t15-/m1/s1. The fourth-order valence-electron chi connectivity index (χ4n) is 2.98. The number of carbonyl (C=O) groups is 2. The third-order valence-electron chi connectivity index (χ3n) is 4.23. The number of hydrogen-bond acceptors (Lipinski definition) is 7. The molecule has 4 rings (SSSR count). The van der Waals surface area contributed by atoms with E-state index in [0.29, 0.717) is 22.5 Å². The topological polar surface area (TPSA) is 111 Å². The van der Waals surface area contributed by atoms with Crippen LogP contribution in [-0.2, 0) is 16.1 Å². The van der Waals surface area contributed by atoms with E-state index in [0.717, 1.165) is 5.56 Å². The number of benzene rings is 1. The molecule has 2 aliphatic rings. The molecule has 2 amide bonds. The molecule has 0 radical (unpaired) electrons. The normalized spacial score (nSPS) is 17.3. The lowest BCUT2D eigenvalue weighted by Crippen LogP contribution is -2.42. The van der Waals surface area contributed by atoms with E-state index in [9.17, 15) is 9.59 Å².